The number of hydrogen-bond acceptors (Lipinski definition) is 4. The molecule has 1 saturated heterocycles. The molecule has 0 spiro atoms. The van der Waals surface area contributed by atoms with Crippen molar-refractivity contribution >= 4 is 14.4 Å². The fraction of sp³-hybridized carbons (Fsp3) is 0.722. The molecule has 0 aliphatic carbocycles. The summed E-state index contributed by atoms with van der Waals surface area (Å²) in [5, 5.41) is 9.29. The van der Waals surface area contributed by atoms with Crippen LogP contribution in [0.5, 0.6) is 0 Å². The molecule has 1 amide bonds. The molecule has 1 aliphatic rings. The second kappa shape index (κ2) is 8.32. The van der Waals surface area contributed by atoms with Crippen LogP contribution in [0.15, 0.2) is 24.3 Å². The summed E-state index contributed by atoms with van der Waals surface area (Å²) in [5.74, 6) is 0. The molecule has 138 valence electrons. The van der Waals surface area contributed by atoms with E-state index < -0.39 is 8.32 Å². The van der Waals surface area contributed by atoms with E-state index in [1.807, 2.05) is 6.92 Å². The molecule has 1 rings (SSSR count). The number of hydrogen-bond donors (Lipinski definition) is 1. The Balaban J connectivity index is 2.92. The number of carbonyl (C=O) groups is 1. The topological polar surface area (TPSA) is 59.0 Å². The van der Waals surface area contributed by atoms with Crippen LogP contribution in [0.1, 0.15) is 34.1 Å². The molecule has 6 heteroatoms. The van der Waals surface area contributed by atoms with E-state index in [0.29, 0.717) is 6.54 Å². The van der Waals surface area contributed by atoms with Crippen molar-refractivity contribution in [1.82, 2.24) is 4.90 Å². The Labute approximate surface area is 147 Å². The zero-order chi connectivity index (χ0) is 18.5. The van der Waals surface area contributed by atoms with Gasteiger partial charge in [0, 0.05) is 6.54 Å². The van der Waals surface area contributed by atoms with Gasteiger partial charge in [0.15, 0.2) is 8.32 Å². The number of aliphatic hydroxyl groups is 1. The Kier molecular flexibility index (Phi) is 7.25. The monoisotopic (exact) mass is 355 g/mol. The van der Waals surface area contributed by atoms with Gasteiger partial charge in [0.25, 0.3) is 0 Å². The Morgan fingerprint density at radius 2 is 2.04 bits per heavy atom. The molecule has 0 bridgehead atoms. The molecule has 0 unspecified atom stereocenters. The summed E-state index contributed by atoms with van der Waals surface area (Å²) in [6, 6.07) is -0.0933. The standard InChI is InChI=1S/C18H33NO4Si/c1-8-11-22-17(21)19-13-15(12-16(19)14(2)9-10-20)23-24(6,7)18(3,4)5/h8-9,15-16,20H,1,10-13H2,2-7H3/b14-9-/t15-,16+/m1/s1. The van der Waals surface area contributed by atoms with Gasteiger partial charge >= 0.3 is 6.09 Å². The molecule has 0 aromatic heterocycles. The highest BCUT2D eigenvalue weighted by molar-refractivity contribution is 6.74. The number of amides is 1. The molecule has 1 fully saturated rings. The lowest BCUT2D eigenvalue weighted by molar-refractivity contribution is 0.106. The summed E-state index contributed by atoms with van der Waals surface area (Å²) in [6.07, 6.45) is 3.68. The minimum absolute atomic E-state index is 0.00536. The molecular formula is C18H33NO4Si. The van der Waals surface area contributed by atoms with E-state index in [4.69, 9.17) is 9.16 Å². The van der Waals surface area contributed by atoms with Gasteiger partial charge in [-0.1, -0.05) is 45.1 Å². The first-order valence-corrected chi connectivity index (χ1v) is 11.4. The van der Waals surface area contributed by atoms with Crippen molar-refractivity contribution in [3.05, 3.63) is 24.3 Å². The van der Waals surface area contributed by atoms with Crippen molar-refractivity contribution in [2.24, 2.45) is 0 Å². The van der Waals surface area contributed by atoms with Gasteiger partial charge in [-0.05, 0) is 31.5 Å². The molecule has 24 heavy (non-hydrogen) atoms. The van der Waals surface area contributed by atoms with Crippen LogP contribution in [-0.4, -0.2) is 56.3 Å². The summed E-state index contributed by atoms with van der Waals surface area (Å²) in [7, 11) is -1.91. The number of rotatable bonds is 6. The van der Waals surface area contributed by atoms with Crippen molar-refractivity contribution < 1.29 is 19.1 Å². The molecule has 2 atom stereocenters. The largest absolute Gasteiger partial charge is 0.445 e. The third-order valence-electron chi connectivity index (χ3n) is 5.03. The molecule has 0 radical (unpaired) electrons. The fourth-order valence-electron chi connectivity index (χ4n) is 2.60. The lowest BCUT2D eigenvalue weighted by atomic mass is 10.1. The number of likely N-dealkylation sites (tertiary alicyclic amines) is 1. The maximum Gasteiger partial charge on any atom is 0.410 e. The first kappa shape index (κ1) is 20.9. The van der Waals surface area contributed by atoms with Gasteiger partial charge in [0.05, 0.1) is 18.8 Å². The van der Waals surface area contributed by atoms with Gasteiger partial charge in [-0.3, -0.25) is 4.90 Å². The third kappa shape index (κ3) is 5.19. The van der Waals surface area contributed by atoms with Crippen molar-refractivity contribution in [3.8, 4) is 0 Å². The van der Waals surface area contributed by atoms with Crippen LogP contribution in [0, 0.1) is 0 Å². The van der Waals surface area contributed by atoms with Gasteiger partial charge in [0.1, 0.15) is 6.61 Å². The lowest BCUT2D eigenvalue weighted by Crippen LogP contribution is -2.44. The van der Waals surface area contributed by atoms with E-state index in [9.17, 15) is 9.90 Å². The zero-order valence-corrected chi connectivity index (χ0v) is 17.0. The number of ether oxygens (including phenoxy) is 1. The SMILES string of the molecule is C=CCOC(=O)N1C[C@H](O[Si](C)(C)C(C)(C)C)C[C@H]1/C(C)=C\CO. The van der Waals surface area contributed by atoms with Crippen LogP contribution in [0.2, 0.25) is 18.1 Å². The maximum atomic E-state index is 12.4. The average molecular weight is 356 g/mol. The quantitative estimate of drug-likeness (QED) is 0.583. The van der Waals surface area contributed by atoms with Gasteiger partial charge in [0.2, 0.25) is 0 Å². The third-order valence-corrected chi connectivity index (χ3v) is 9.56. The summed E-state index contributed by atoms with van der Waals surface area (Å²) in [6.45, 7) is 17.2. The maximum absolute atomic E-state index is 12.4. The minimum Gasteiger partial charge on any atom is -0.445 e. The zero-order valence-electron chi connectivity index (χ0n) is 16.0. The summed E-state index contributed by atoms with van der Waals surface area (Å²) < 4.78 is 11.7. The summed E-state index contributed by atoms with van der Waals surface area (Å²) in [5.41, 5.74) is 0.967. The molecule has 1 N–H and O–H groups in total. The van der Waals surface area contributed by atoms with Gasteiger partial charge in [-0.2, -0.15) is 0 Å². The Morgan fingerprint density at radius 3 is 2.54 bits per heavy atom. The normalized spacial score (nSPS) is 22.6. The predicted molar refractivity (Wildman–Crippen MR) is 99.6 cm³/mol. The number of aliphatic hydroxyl groups excluding tert-OH is 1. The molecule has 0 saturated carbocycles. The van der Waals surface area contributed by atoms with Gasteiger partial charge in [-0.25, -0.2) is 4.79 Å². The van der Waals surface area contributed by atoms with E-state index in [2.05, 4.69) is 40.4 Å². The van der Waals surface area contributed by atoms with Crippen molar-refractivity contribution in [2.45, 2.75) is 64.4 Å². The van der Waals surface area contributed by atoms with Crippen molar-refractivity contribution in [3.63, 3.8) is 0 Å². The Bertz CT molecular complexity index is 482. The van der Waals surface area contributed by atoms with Crippen LogP contribution in [0.4, 0.5) is 4.79 Å². The smallest absolute Gasteiger partial charge is 0.410 e. The van der Waals surface area contributed by atoms with E-state index in [0.717, 1.165) is 12.0 Å². The first-order chi connectivity index (χ1) is 11.0. The Morgan fingerprint density at radius 1 is 1.42 bits per heavy atom. The molecule has 1 aliphatic heterocycles. The van der Waals surface area contributed by atoms with Crippen molar-refractivity contribution in [2.75, 3.05) is 19.8 Å². The first-order valence-electron chi connectivity index (χ1n) is 8.53. The Hall–Kier alpha value is -1.11. The highest BCUT2D eigenvalue weighted by Crippen LogP contribution is 2.39. The minimum atomic E-state index is -1.91. The van der Waals surface area contributed by atoms with Crippen LogP contribution in [0.25, 0.3) is 0 Å². The predicted octanol–water partition coefficient (Wildman–Crippen LogP) is 3.71. The van der Waals surface area contributed by atoms with Crippen LogP contribution in [-0.2, 0) is 9.16 Å². The van der Waals surface area contributed by atoms with E-state index in [-0.39, 0.29) is 36.5 Å². The molecule has 0 aromatic carbocycles. The van der Waals surface area contributed by atoms with Crippen LogP contribution >= 0.6 is 0 Å². The van der Waals surface area contributed by atoms with Gasteiger partial charge < -0.3 is 14.3 Å². The highest BCUT2D eigenvalue weighted by Gasteiger charge is 2.44. The molecule has 0 aromatic rings. The average Bonchev–Trinajstić information content (AvgIpc) is 2.87. The molecule has 1 heterocycles. The van der Waals surface area contributed by atoms with E-state index in [1.165, 1.54) is 0 Å². The second-order valence-corrected chi connectivity index (χ2v) is 12.7. The number of carbonyl (C=O) groups excluding carboxylic acids is 1. The van der Waals surface area contributed by atoms with Gasteiger partial charge in [-0.15, -0.1) is 0 Å². The van der Waals surface area contributed by atoms with Crippen molar-refractivity contribution in [1.29, 1.82) is 0 Å². The number of nitrogens with zero attached hydrogens (tertiary/aromatic N) is 1. The highest BCUT2D eigenvalue weighted by atomic mass is 28.4. The fourth-order valence-corrected chi connectivity index (χ4v) is 3.96. The summed E-state index contributed by atoms with van der Waals surface area (Å²) >= 11 is 0. The lowest BCUT2D eigenvalue weighted by Gasteiger charge is -2.38. The molecular weight excluding hydrogens is 322 g/mol. The van der Waals surface area contributed by atoms with E-state index in [1.54, 1.807) is 17.1 Å². The van der Waals surface area contributed by atoms with Crippen LogP contribution < -0.4 is 0 Å². The van der Waals surface area contributed by atoms with Crippen LogP contribution in [0.3, 0.4) is 0 Å². The molecule has 5 nitrogen and oxygen atoms in total. The van der Waals surface area contributed by atoms with E-state index >= 15 is 0 Å². The second-order valence-electron chi connectivity index (χ2n) is 7.90. The summed E-state index contributed by atoms with van der Waals surface area (Å²) in [4.78, 5) is 14.1.